The predicted molar refractivity (Wildman–Crippen MR) is 46.4 cm³/mol. The van der Waals surface area contributed by atoms with Gasteiger partial charge in [-0.25, -0.2) is 0 Å². The first-order valence-corrected chi connectivity index (χ1v) is 3.70. The van der Waals surface area contributed by atoms with Crippen molar-refractivity contribution in [3.05, 3.63) is 35.4 Å². The molecule has 0 radical (unpaired) electrons. The molecular weight excluding hydrogens is 152 g/mol. The summed E-state index contributed by atoms with van der Waals surface area (Å²) < 4.78 is 0. The number of carbonyl (C=O) groups is 1. The van der Waals surface area contributed by atoms with Crippen LogP contribution >= 0.6 is 0 Å². The molecule has 1 N–H and O–H groups in total. The van der Waals surface area contributed by atoms with Crippen LogP contribution in [0.1, 0.15) is 15.9 Å². The van der Waals surface area contributed by atoms with E-state index < -0.39 is 0 Å². The molecule has 0 fully saturated rings. The second-order valence-corrected chi connectivity index (χ2v) is 2.57. The van der Waals surface area contributed by atoms with E-state index in [1.54, 1.807) is 13.1 Å². The highest BCUT2D eigenvalue weighted by molar-refractivity contribution is 6.23. The second kappa shape index (κ2) is 2.44. The summed E-state index contributed by atoms with van der Waals surface area (Å²) in [5, 5.41) is 2.68. The summed E-state index contributed by atoms with van der Waals surface area (Å²) in [4.78, 5) is 15.2. The molecule has 12 heavy (non-hydrogen) atoms. The van der Waals surface area contributed by atoms with Gasteiger partial charge in [-0.05, 0) is 6.07 Å². The quantitative estimate of drug-likeness (QED) is 0.599. The topological polar surface area (TPSA) is 41.5 Å². The molecule has 1 heterocycles. The second-order valence-electron chi connectivity index (χ2n) is 2.57. The van der Waals surface area contributed by atoms with Crippen LogP contribution in [0.3, 0.4) is 0 Å². The molecule has 2 rings (SSSR count). The maximum absolute atomic E-state index is 11.2. The average Bonchev–Trinajstić information content (AvgIpc) is 2.44. The number of aliphatic imine (C=N–C) groups is 1. The standard InChI is InChI=1S/C9H8N2O/c1-10-8-6-4-2-3-5-7(6)9(12)11-8/h2-5H,1H3,(H,10,11,12). The summed E-state index contributed by atoms with van der Waals surface area (Å²) >= 11 is 0. The van der Waals surface area contributed by atoms with Crippen LogP contribution in [0.25, 0.3) is 0 Å². The Balaban J connectivity index is 2.65. The van der Waals surface area contributed by atoms with Gasteiger partial charge in [0, 0.05) is 12.6 Å². The fourth-order valence-corrected chi connectivity index (χ4v) is 1.31. The van der Waals surface area contributed by atoms with Gasteiger partial charge in [-0.2, -0.15) is 0 Å². The molecular formula is C9H8N2O. The van der Waals surface area contributed by atoms with Gasteiger partial charge in [-0.1, -0.05) is 18.2 Å². The lowest BCUT2D eigenvalue weighted by atomic mass is 10.1. The van der Waals surface area contributed by atoms with Crippen LogP contribution in [-0.4, -0.2) is 18.8 Å². The van der Waals surface area contributed by atoms with Crippen LogP contribution in [-0.2, 0) is 0 Å². The molecule has 0 saturated heterocycles. The lowest BCUT2D eigenvalue weighted by molar-refractivity contribution is 0.0983. The summed E-state index contributed by atoms with van der Waals surface area (Å²) in [7, 11) is 1.66. The highest BCUT2D eigenvalue weighted by Crippen LogP contribution is 2.14. The molecule has 0 unspecified atom stereocenters. The molecule has 3 nitrogen and oxygen atoms in total. The zero-order chi connectivity index (χ0) is 8.55. The Kier molecular flexibility index (Phi) is 1.43. The van der Waals surface area contributed by atoms with Gasteiger partial charge >= 0.3 is 0 Å². The maximum Gasteiger partial charge on any atom is 0.257 e. The third-order valence-corrected chi connectivity index (χ3v) is 1.88. The van der Waals surface area contributed by atoms with Crippen LogP contribution in [0.4, 0.5) is 0 Å². The fourth-order valence-electron chi connectivity index (χ4n) is 1.31. The SMILES string of the molecule is CN=C1NC(=O)c2ccccc21. The monoisotopic (exact) mass is 160 g/mol. The minimum atomic E-state index is -0.0637. The first kappa shape index (κ1) is 7.03. The Hall–Kier alpha value is -1.64. The van der Waals surface area contributed by atoms with E-state index in [4.69, 9.17) is 0 Å². The number of hydrogen-bond donors (Lipinski definition) is 1. The van der Waals surface area contributed by atoms with Gasteiger partial charge in [0.25, 0.3) is 5.91 Å². The van der Waals surface area contributed by atoms with E-state index in [0.717, 1.165) is 5.56 Å². The maximum atomic E-state index is 11.2. The molecule has 0 atom stereocenters. The van der Waals surface area contributed by atoms with E-state index in [0.29, 0.717) is 11.4 Å². The Morgan fingerprint density at radius 3 is 2.58 bits per heavy atom. The molecule has 0 aliphatic carbocycles. The van der Waals surface area contributed by atoms with E-state index in [1.807, 2.05) is 18.2 Å². The molecule has 1 aromatic rings. The minimum Gasteiger partial charge on any atom is -0.306 e. The normalized spacial score (nSPS) is 17.8. The van der Waals surface area contributed by atoms with Gasteiger partial charge in [0.05, 0.1) is 5.56 Å². The summed E-state index contributed by atoms with van der Waals surface area (Å²) in [6.07, 6.45) is 0. The van der Waals surface area contributed by atoms with Crippen molar-refractivity contribution < 1.29 is 4.79 Å². The van der Waals surface area contributed by atoms with Crippen molar-refractivity contribution >= 4 is 11.7 Å². The van der Waals surface area contributed by atoms with Crippen molar-refractivity contribution in [2.45, 2.75) is 0 Å². The molecule has 0 saturated carbocycles. The van der Waals surface area contributed by atoms with E-state index in [2.05, 4.69) is 10.3 Å². The lowest BCUT2D eigenvalue weighted by Crippen LogP contribution is -2.21. The van der Waals surface area contributed by atoms with Crippen molar-refractivity contribution in [3.8, 4) is 0 Å². The van der Waals surface area contributed by atoms with Gasteiger partial charge in [0.1, 0.15) is 5.84 Å². The highest BCUT2D eigenvalue weighted by Gasteiger charge is 2.22. The molecule has 0 aromatic heterocycles. The number of carbonyl (C=O) groups excluding carboxylic acids is 1. The Labute approximate surface area is 70.1 Å². The number of nitrogens with zero attached hydrogens (tertiary/aromatic N) is 1. The zero-order valence-corrected chi connectivity index (χ0v) is 6.66. The van der Waals surface area contributed by atoms with Crippen molar-refractivity contribution in [2.75, 3.05) is 7.05 Å². The molecule has 60 valence electrons. The third-order valence-electron chi connectivity index (χ3n) is 1.88. The number of fused-ring (bicyclic) bond motifs is 1. The van der Waals surface area contributed by atoms with Crippen LogP contribution in [0.2, 0.25) is 0 Å². The number of amidine groups is 1. The van der Waals surface area contributed by atoms with Gasteiger partial charge in [0.15, 0.2) is 0 Å². The van der Waals surface area contributed by atoms with Gasteiger partial charge in [0.2, 0.25) is 0 Å². The summed E-state index contributed by atoms with van der Waals surface area (Å²) in [6, 6.07) is 7.42. The van der Waals surface area contributed by atoms with Gasteiger partial charge in [-0.15, -0.1) is 0 Å². The number of benzene rings is 1. The lowest BCUT2D eigenvalue weighted by Gasteiger charge is -1.93. The summed E-state index contributed by atoms with van der Waals surface area (Å²) in [5.74, 6) is 0.599. The number of amides is 1. The van der Waals surface area contributed by atoms with Crippen LogP contribution < -0.4 is 5.32 Å². The minimum absolute atomic E-state index is 0.0637. The molecule has 1 amide bonds. The molecule has 1 aliphatic rings. The molecule has 1 aliphatic heterocycles. The summed E-state index contributed by atoms with van der Waals surface area (Å²) in [5.41, 5.74) is 1.60. The van der Waals surface area contributed by atoms with E-state index >= 15 is 0 Å². The van der Waals surface area contributed by atoms with Crippen molar-refractivity contribution in [3.63, 3.8) is 0 Å². The van der Waals surface area contributed by atoms with Gasteiger partial charge in [-0.3, -0.25) is 9.79 Å². The van der Waals surface area contributed by atoms with Crippen LogP contribution in [0.15, 0.2) is 29.3 Å². The van der Waals surface area contributed by atoms with Crippen LogP contribution in [0.5, 0.6) is 0 Å². The summed E-state index contributed by atoms with van der Waals surface area (Å²) in [6.45, 7) is 0. The highest BCUT2D eigenvalue weighted by atomic mass is 16.2. The first-order valence-electron chi connectivity index (χ1n) is 3.70. The van der Waals surface area contributed by atoms with E-state index in [1.165, 1.54) is 0 Å². The smallest absolute Gasteiger partial charge is 0.257 e. The van der Waals surface area contributed by atoms with E-state index in [-0.39, 0.29) is 5.91 Å². The van der Waals surface area contributed by atoms with Crippen molar-refractivity contribution in [1.82, 2.24) is 5.32 Å². The van der Waals surface area contributed by atoms with Crippen molar-refractivity contribution in [2.24, 2.45) is 4.99 Å². The first-order chi connectivity index (χ1) is 5.83. The average molecular weight is 160 g/mol. The van der Waals surface area contributed by atoms with Crippen LogP contribution in [0, 0.1) is 0 Å². The van der Waals surface area contributed by atoms with Crippen molar-refractivity contribution in [1.29, 1.82) is 0 Å². The Bertz CT molecular complexity index is 369. The Morgan fingerprint density at radius 2 is 1.92 bits per heavy atom. The predicted octanol–water partition coefficient (Wildman–Crippen LogP) is 0.806. The molecule has 1 aromatic carbocycles. The zero-order valence-electron chi connectivity index (χ0n) is 6.66. The number of hydrogen-bond acceptors (Lipinski definition) is 2. The fraction of sp³-hybridized carbons (Fsp3) is 0.111. The number of nitrogens with one attached hydrogen (secondary N) is 1. The molecule has 0 spiro atoms. The third kappa shape index (κ3) is 0.830. The largest absolute Gasteiger partial charge is 0.306 e. The molecule has 0 bridgehead atoms. The van der Waals surface area contributed by atoms with Gasteiger partial charge < -0.3 is 5.32 Å². The Morgan fingerprint density at radius 1 is 1.25 bits per heavy atom. The molecule has 3 heteroatoms. The number of rotatable bonds is 0. The van der Waals surface area contributed by atoms with E-state index in [9.17, 15) is 4.79 Å².